The second-order valence-corrected chi connectivity index (χ2v) is 4.64. The second-order valence-electron chi connectivity index (χ2n) is 4.64. The van der Waals surface area contributed by atoms with Gasteiger partial charge >= 0.3 is 0 Å². The van der Waals surface area contributed by atoms with E-state index in [4.69, 9.17) is 4.42 Å². The van der Waals surface area contributed by atoms with E-state index in [1.54, 1.807) is 25.1 Å². The minimum absolute atomic E-state index is 0.0975. The molecule has 102 valence electrons. The molecule has 0 fully saturated rings. The van der Waals surface area contributed by atoms with Gasteiger partial charge in [0, 0.05) is 16.5 Å². The number of furan rings is 1. The van der Waals surface area contributed by atoms with Crippen LogP contribution in [0.5, 0.6) is 0 Å². The number of para-hydroxylation sites is 1. The molecule has 0 aliphatic carbocycles. The summed E-state index contributed by atoms with van der Waals surface area (Å²) in [5.74, 6) is -0.753. The Morgan fingerprint density at radius 3 is 2.65 bits per heavy atom. The lowest BCUT2D eigenvalue weighted by Crippen LogP contribution is -2.04. The Balaban J connectivity index is 2.20. The van der Waals surface area contributed by atoms with Crippen LogP contribution in [0, 0.1) is 18.6 Å². The fraction of sp³-hybridized carbons (Fsp3) is 0.125. The first-order chi connectivity index (χ1) is 9.58. The highest BCUT2D eigenvalue weighted by molar-refractivity contribution is 5.83. The lowest BCUT2D eigenvalue weighted by molar-refractivity contribution is 0.213. The lowest BCUT2D eigenvalue weighted by atomic mass is 9.98. The minimum atomic E-state index is -1.27. The molecule has 1 N–H and O–H groups in total. The maximum absolute atomic E-state index is 13.8. The van der Waals surface area contributed by atoms with Gasteiger partial charge in [0.15, 0.2) is 0 Å². The van der Waals surface area contributed by atoms with E-state index in [1.165, 1.54) is 0 Å². The summed E-state index contributed by atoms with van der Waals surface area (Å²) in [5.41, 5.74) is 0.973. The van der Waals surface area contributed by atoms with Crippen molar-refractivity contribution in [2.75, 3.05) is 0 Å². The molecule has 20 heavy (non-hydrogen) atoms. The van der Waals surface area contributed by atoms with Crippen LogP contribution in [0.4, 0.5) is 8.78 Å². The van der Waals surface area contributed by atoms with Crippen LogP contribution < -0.4 is 0 Å². The van der Waals surface area contributed by atoms with Crippen LogP contribution in [0.2, 0.25) is 0 Å². The van der Waals surface area contributed by atoms with Crippen molar-refractivity contribution < 1.29 is 18.3 Å². The van der Waals surface area contributed by atoms with Crippen molar-refractivity contribution in [2.45, 2.75) is 13.0 Å². The first kappa shape index (κ1) is 12.8. The normalized spacial score (nSPS) is 12.8. The highest BCUT2D eigenvalue weighted by Crippen LogP contribution is 2.34. The van der Waals surface area contributed by atoms with Gasteiger partial charge in [-0.25, -0.2) is 8.78 Å². The molecule has 0 bridgehead atoms. The van der Waals surface area contributed by atoms with Gasteiger partial charge in [0.25, 0.3) is 0 Å². The maximum Gasteiger partial charge on any atom is 0.134 e. The second kappa shape index (κ2) is 4.72. The lowest BCUT2D eigenvalue weighted by Gasteiger charge is -2.12. The molecule has 0 saturated carbocycles. The van der Waals surface area contributed by atoms with Gasteiger partial charge in [-0.15, -0.1) is 0 Å². The van der Waals surface area contributed by atoms with E-state index in [0.717, 1.165) is 18.2 Å². The maximum atomic E-state index is 13.8. The molecule has 1 unspecified atom stereocenters. The van der Waals surface area contributed by atoms with E-state index in [0.29, 0.717) is 22.3 Å². The van der Waals surface area contributed by atoms with Crippen molar-refractivity contribution >= 4 is 11.0 Å². The quantitative estimate of drug-likeness (QED) is 0.763. The van der Waals surface area contributed by atoms with E-state index >= 15 is 0 Å². The predicted molar refractivity (Wildman–Crippen MR) is 71.4 cm³/mol. The Morgan fingerprint density at radius 1 is 1.10 bits per heavy atom. The van der Waals surface area contributed by atoms with Crippen LogP contribution in [-0.2, 0) is 0 Å². The topological polar surface area (TPSA) is 33.4 Å². The smallest absolute Gasteiger partial charge is 0.134 e. The molecule has 3 aromatic rings. The standard InChI is InChI=1S/C16H12F2O2/c1-9-15(11-4-2-3-5-14(11)20-9)16(19)12-8-10(17)6-7-13(12)18/h2-8,16,19H,1H3. The molecule has 0 radical (unpaired) electrons. The average molecular weight is 274 g/mol. The number of rotatable bonds is 2. The Labute approximate surface area is 114 Å². The number of hydrogen-bond donors (Lipinski definition) is 1. The van der Waals surface area contributed by atoms with Crippen LogP contribution in [0.15, 0.2) is 46.9 Å². The molecule has 1 heterocycles. The fourth-order valence-corrected chi connectivity index (χ4v) is 2.41. The Morgan fingerprint density at radius 2 is 1.85 bits per heavy atom. The summed E-state index contributed by atoms with van der Waals surface area (Å²) in [4.78, 5) is 0. The SMILES string of the molecule is Cc1oc2ccccc2c1C(O)c1cc(F)ccc1F. The zero-order chi connectivity index (χ0) is 14.3. The van der Waals surface area contributed by atoms with Gasteiger partial charge in [0.1, 0.15) is 29.1 Å². The highest BCUT2D eigenvalue weighted by atomic mass is 19.1. The molecule has 0 spiro atoms. The van der Waals surface area contributed by atoms with Crippen LogP contribution in [-0.4, -0.2) is 5.11 Å². The Hall–Kier alpha value is -2.20. The molecular weight excluding hydrogens is 262 g/mol. The van der Waals surface area contributed by atoms with Crippen molar-refractivity contribution in [1.82, 2.24) is 0 Å². The summed E-state index contributed by atoms with van der Waals surface area (Å²) < 4.78 is 32.6. The van der Waals surface area contributed by atoms with Gasteiger partial charge in [0.2, 0.25) is 0 Å². The van der Waals surface area contributed by atoms with Gasteiger partial charge < -0.3 is 9.52 Å². The summed E-state index contributed by atoms with van der Waals surface area (Å²) in [6, 6.07) is 10.2. The predicted octanol–water partition coefficient (Wildman–Crippen LogP) is 4.10. The van der Waals surface area contributed by atoms with Gasteiger partial charge in [-0.3, -0.25) is 0 Å². The first-order valence-corrected chi connectivity index (χ1v) is 6.19. The van der Waals surface area contributed by atoms with Crippen molar-refractivity contribution in [1.29, 1.82) is 0 Å². The number of aliphatic hydroxyl groups is 1. The van der Waals surface area contributed by atoms with E-state index < -0.39 is 17.7 Å². The van der Waals surface area contributed by atoms with Gasteiger partial charge in [-0.05, 0) is 31.2 Å². The number of aliphatic hydroxyl groups excluding tert-OH is 1. The van der Waals surface area contributed by atoms with E-state index in [-0.39, 0.29) is 5.56 Å². The number of hydrogen-bond acceptors (Lipinski definition) is 2. The zero-order valence-electron chi connectivity index (χ0n) is 10.7. The zero-order valence-corrected chi connectivity index (χ0v) is 10.7. The molecule has 0 aliphatic rings. The number of halogens is 2. The van der Waals surface area contributed by atoms with E-state index in [1.807, 2.05) is 6.07 Å². The van der Waals surface area contributed by atoms with Gasteiger partial charge in [0.05, 0.1) is 0 Å². The summed E-state index contributed by atoms with van der Waals surface area (Å²) >= 11 is 0. The van der Waals surface area contributed by atoms with Crippen LogP contribution >= 0.6 is 0 Å². The fourth-order valence-electron chi connectivity index (χ4n) is 2.41. The highest BCUT2D eigenvalue weighted by Gasteiger charge is 2.22. The number of fused-ring (bicyclic) bond motifs is 1. The molecule has 2 aromatic carbocycles. The molecule has 2 nitrogen and oxygen atoms in total. The molecular formula is C16H12F2O2. The van der Waals surface area contributed by atoms with E-state index in [9.17, 15) is 13.9 Å². The summed E-state index contributed by atoms with van der Waals surface area (Å²) in [7, 11) is 0. The third-order valence-corrected chi connectivity index (χ3v) is 3.35. The average Bonchev–Trinajstić information content (AvgIpc) is 2.76. The molecule has 0 amide bonds. The van der Waals surface area contributed by atoms with Crippen molar-refractivity contribution in [3.63, 3.8) is 0 Å². The van der Waals surface area contributed by atoms with Crippen molar-refractivity contribution in [2.24, 2.45) is 0 Å². The molecule has 0 aliphatic heterocycles. The minimum Gasteiger partial charge on any atom is -0.461 e. The van der Waals surface area contributed by atoms with Gasteiger partial charge in [-0.2, -0.15) is 0 Å². The van der Waals surface area contributed by atoms with Crippen LogP contribution in [0.1, 0.15) is 23.0 Å². The van der Waals surface area contributed by atoms with E-state index in [2.05, 4.69) is 0 Å². The third kappa shape index (κ3) is 1.98. The summed E-state index contributed by atoms with van der Waals surface area (Å²) in [5, 5.41) is 11.1. The van der Waals surface area contributed by atoms with Crippen molar-refractivity contribution in [3.05, 3.63) is 71.0 Å². The number of aryl methyl sites for hydroxylation is 1. The Bertz CT molecular complexity index is 777. The van der Waals surface area contributed by atoms with Crippen LogP contribution in [0.25, 0.3) is 11.0 Å². The Kier molecular flexibility index (Phi) is 3.03. The molecule has 4 heteroatoms. The first-order valence-electron chi connectivity index (χ1n) is 6.19. The molecule has 1 aromatic heterocycles. The van der Waals surface area contributed by atoms with Crippen LogP contribution in [0.3, 0.4) is 0 Å². The molecule has 1 atom stereocenters. The van der Waals surface area contributed by atoms with Gasteiger partial charge in [-0.1, -0.05) is 18.2 Å². The monoisotopic (exact) mass is 274 g/mol. The summed E-state index contributed by atoms with van der Waals surface area (Å²) in [6.45, 7) is 1.69. The number of benzene rings is 2. The summed E-state index contributed by atoms with van der Waals surface area (Å²) in [6.07, 6.45) is -1.27. The molecule has 3 rings (SSSR count). The molecule has 0 saturated heterocycles. The van der Waals surface area contributed by atoms with Crippen molar-refractivity contribution in [3.8, 4) is 0 Å². The largest absolute Gasteiger partial charge is 0.461 e. The third-order valence-electron chi connectivity index (χ3n) is 3.35.